The Balaban J connectivity index is 2.90. The lowest BCUT2D eigenvalue weighted by atomic mass is 10.2. The molecule has 1 aliphatic rings. The van der Waals surface area contributed by atoms with Crippen molar-refractivity contribution in [3.63, 3.8) is 0 Å². The van der Waals surface area contributed by atoms with Crippen molar-refractivity contribution in [2.45, 2.75) is 20.3 Å². The normalized spacial score (nSPS) is 21.3. The number of allylic oxidation sites excluding steroid dienone is 1. The van der Waals surface area contributed by atoms with E-state index in [-0.39, 0.29) is 5.70 Å². The minimum absolute atomic E-state index is 0.289. The van der Waals surface area contributed by atoms with Crippen molar-refractivity contribution in [2.24, 2.45) is 0 Å². The van der Waals surface area contributed by atoms with E-state index >= 15 is 0 Å². The van der Waals surface area contributed by atoms with Gasteiger partial charge in [0.05, 0.1) is 0 Å². The van der Waals surface area contributed by atoms with E-state index in [1.165, 1.54) is 0 Å². The summed E-state index contributed by atoms with van der Waals surface area (Å²) in [5.74, 6) is -0.575. The zero-order chi connectivity index (χ0) is 8.43. The quantitative estimate of drug-likeness (QED) is 0.348. The predicted molar refractivity (Wildman–Crippen MR) is 37.6 cm³/mol. The number of rotatable bonds is 1. The van der Waals surface area contributed by atoms with Crippen LogP contribution in [0.3, 0.4) is 0 Å². The van der Waals surface area contributed by atoms with Crippen LogP contribution in [0.4, 0.5) is 4.79 Å². The molecule has 1 N–H and O–H groups in total. The first-order valence-electron chi connectivity index (χ1n) is 3.38. The van der Waals surface area contributed by atoms with Crippen molar-refractivity contribution >= 4 is 12.1 Å². The molecule has 0 unspecified atom stereocenters. The molecule has 0 aromatic carbocycles. The first-order valence-corrected chi connectivity index (χ1v) is 3.38. The summed E-state index contributed by atoms with van der Waals surface area (Å²) in [7, 11) is 0. The van der Waals surface area contributed by atoms with Crippen LogP contribution >= 0.6 is 0 Å². The molecular formula is C7H9NO3. The summed E-state index contributed by atoms with van der Waals surface area (Å²) in [6.07, 6.45) is 0.0443. The molecule has 0 saturated carbocycles. The van der Waals surface area contributed by atoms with Crippen molar-refractivity contribution in [1.29, 1.82) is 0 Å². The standard InChI is InChI=1S/C7H9NO3/c1-3-4(2)5-6(9)11-7(10)8-5/h3H2,1-2H3,(H,8,10). The molecule has 1 saturated heterocycles. The average molecular weight is 155 g/mol. The lowest BCUT2D eigenvalue weighted by Crippen LogP contribution is -2.12. The van der Waals surface area contributed by atoms with Gasteiger partial charge < -0.3 is 4.74 Å². The van der Waals surface area contributed by atoms with Crippen molar-refractivity contribution < 1.29 is 14.3 Å². The molecule has 11 heavy (non-hydrogen) atoms. The van der Waals surface area contributed by atoms with Crippen LogP contribution in [-0.4, -0.2) is 12.1 Å². The molecule has 4 nitrogen and oxygen atoms in total. The molecule has 0 aliphatic carbocycles. The van der Waals surface area contributed by atoms with Gasteiger partial charge in [-0.3, -0.25) is 5.32 Å². The first kappa shape index (κ1) is 7.78. The van der Waals surface area contributed by atoms with E-state index in [4.69, 9.17) is 0 Å². The fourth-order valence-corrected chi connectivity index (χ4v) is 0.772. The Morgan fingerprint density at radius 2 is 2.18 bits per heavy atom. The number of cyclic esters (lactones) is 2. The molecule has 4 heteroatoms. The van der Waals surface area contributed by atoms with Crippen LogP contribution in [0, 0.1) is 0 Å². The maximum Gasteiger partial charge on any atom is 0.419 e. The van der Waals surface area contributed by atoms with Gasteiger partial charge in [0.25, 0.3) is 0 Å². The van der Waals surface area contributed by atoms with E-state index in [9.17, 15) is 9.59 Å². The number of carbonyl (C=O) groups is 2. The van der Waals surface area contributed by atoms with Crippen LogP contribution < -0.4 is 5.32 Å². The molecule has 0 aromatic rings. The van der Waals surface area contributed by atoms with Gasteiger partial charge in [0.15, 0.2) is 0 Å². The Bertz CT molecular complexity index is 242. The summed E-state index contributed by atoms with van der Waals surface area (Å²) in [5.41, 5.74) is 1.12. The number of hydrogen-bond acceptors (Lipinski definition) is 3. The lowest BCUT2D eigenvalue weighted by molar-refractivity contribution is -0.130. The molecular weight excluding hydrogens is 146 g/mol. The second kappa shape index (κ2) is 2.74. The lowest BCUT2D eigenvalue weighted by Gasteiger charge is -1.96. The molecule has 0 spiro atoms. The minimum Gasteiger partial charge on any atom is -0.371 e. The van der Waals surface area contributed by atoms with Crippen LogP contribution in [0.5, 0.6) is 0 Å². The highest BCUT2D eigenvalue weighted by molar-refractivity contribution is 6.04. The van der Waals surface area contributed by atoms with Crippen molar-refractivity contribution in [2.75, 3.05) is 0 Å². The Kier molecular flexibility index (Phi) is 1.94. The van der Waals surface area contributed by atoms with Gasteiger partial charge in [-0.15, -0.1) is 0 Å². The smallest absolute Gasteiger partial charge is 0.371 e. The summed E-state index contributed by atoms with van der Waals surface area (Å²) >= 11 is 0. The molecule has 0 bridgehead atoms. The number of ether oxygens (including phenoxy) is 1. The van der Waals surface area contributed by atoms with E-state index in [1.807, 2.05) is 6.92 Å². The highest BCUT2D eigenvalue weighted by atomic mass is 16.6. The zero-order valence-corrected chi connectivity index (χ0v) is 6.43. The topological polar surface area (TPSA) is 55.4 Å². The number of carbonyl (C=O) groups excluding carboxylic acids is 2. The van der Waals surface area contributed by atoms with Gasteiger partial charge in [-0.05, 0) is 18.9 Å². The van der Waals surface area contributed by atoms with Crippen molar-refractivity contribution in [3.8, 4) is 0 Å². The predicted octanol–water partition coefficient (Wildman–Crippen LogP) is 0.937. The van der Waals surface area contributed by atoms with Gasteiger partial charge in [-0.2, -0.15) is 0 Å². The fourth-order valence-electron chi connectivity index (χ4n) is 0.772. The monoisotopic (exact) mass is 155 g/mol. The summed E-state index contributed by atoms with van der Waals surface area (Å²) < 4.78 is 4.25. The number of alkyl carbamates (subject to hydrolysis) is 1. The van der Waals surface area contributed by atoms with E-state index in [0.717, 1.165) is 12.0 Å². The molecule has 1 heterocycles. The van der Waals surface area contributed by atoms with Gasteiger partial charge in [0.1, 0.15) is 5.70 Å². The van der Waals surface area contributed by atoms with Crippen LogP contribution in [-0.2, 0) is 9.53 Å². The molecule has 1 rings (SSSR count). The van der Waals surface area contributed by atoms with Crippen LogP contribution in [0.15, 0.2) is 11.3 Å². The molecule has 0 atom stereocenters. The van der Waals surface area contributed by atoms with Gasteiger partial charge in [-0.25, -0.2) is 9.59 Å². The Morgan fingerprint density at radius 3 is 2.55 bits per heavy atom. The third-order valence-corrected chi connectivity index (χ3v) is 1.57. The molecule has 1 aliphatic heterocycles. The maximum absolute atomic E-state index is 10.8. The Hall–Kier alpha value is -1.32. The number of amides is 1. The third-order valence-electron chi connectivity index (χ3n) is 1.57. The van der Waals surface area contributed by atoms with Gasteiger partial charge in [-0.1, -0.05) is 6.92 Å². The summed E-state index contributed by atoms with van der Waals surface area (Å²) in [5, 5.41) is 2.32. The summed E-state index contributed by atoms with van der Waals surface area (Å²) in [4.78, 5) is 21.3. The molecule has 0 radical (unpaired) electrons. The highest BCUT2D eigenvalue weighted by Gasteiger charge is 2.27. The van der Waals surface area contributed by atoms with Crippen LogP contribution in [0.2, 0.25) is 0 Å². The SMILES string of the molecule is CCC(C)=C1NC(=O)OC1=O. The number of esters is 1. The summed E-state index contributed by atoms with van der Waals surface area (Å²) in [6, 6.07) is 0. The second-order valence-electron chi connectivity index (χ2n) is 2.31. The maximum atomic E-state index is 10.8. The molecule has 0 aromatic heterocycles. The fraction of sp³-hybridized carbons (Fsp3) is 0.429. The zero-order valence-electron chi connectivity index (χ0n) is 6.43. The Labute approximate surface area is 64.2 Å². The third kappa shape index (κ3) is 1.39. The van der Waals surface area contributed by atoms with E-state index in [1.54, 1.807) is 6.92 Å². The highest BCUT2D eigenvalue weighted by Crippen LogP contribution is 2.11. The van der Waals surface area contributed by atoms with Crippen molar-refractivity contribution in [1.82, 2.24) is 5.32 Å². The van der Waals surface area contributed by atoms with Gasteiger partial charge in [0, 0.05) is 0 Å². The van der Waals surface area contributed by atoms with E-state index < -0.39 is 12.1 Å². The van der Waals surface area contributed by atoms with Gasteiger partial charge >= 0.3 is 12.1 Å². The molecule has 1 fully saturated rings. The van der Waals surface area contributed by atoms with Crippen molar-refractivity contribution in [3.05, 3.63) is 11.3 Å². The minimum atomic E-state index is -0.683. The molecule has 60 valence electrons. The second-order valence-corrected chi connectivity index (χ2v) is 2.31. The van der Waals surface area contributed by atoms with Gasteiger partial charge in [0.2, 0.25) is 0 Å². The van der Waals surface area contributed by atoms with Crippen LogP contribution in [0.1, 0.15) is 20.3 Å². The first-order chi connectivity index (χ1) is 5.15. The number of hydrogen-bond donors (Lipinski definition) is 1. The van der Waals surface area contributed by atoms with E-state index in [0.29, 0.717) is 0 Å². The largest absolute Gasteiger partial charge is 0.419 e. The molecule has 1 amide bonds. The number of nitrogens with one attached hydrogen (secondary N) is 1. The average Bonchev–Trinajstić information content (AvgIpc) is 2.28. The summed E-state index contributed by atoms with van der Waals surface area (Å²) in [6.45, 7) is 3.68. The van der Waals surface area contributed by atoms with E-state index in [2.05, 4.69) is 10.1 Å². The van der Waals surface area contributed by atoms with Crippen LogP contribution in [0.25, 0.3) is 0 Å². The Morgan fingerprint density at radius 1 is 1.55 bits per heavy atom.